The molecule has 0 unspecified atom stereocenters. The minimum Gasteiger partial charge on any atom is -0.322 e. The van der Waals surface area contributed by atoms with Crippen LogP contribution in [0.15, 0.2) is 24.3 Å². The molecule has 1 heterocycles. The number of nitrogens with zero attached hydrogens (tertiary/aromatic N) is 1. The Morgan fingerprint density at radius 3 is 2.72 bits per heavy atom. The molecule has 1 aromatic carbocycles. The molecule has 1 aliphatic rings. The van der Waals surface area contributed by atoms with Crippen molar-refractivity contribution >= 4 is 28.2 Å². The smallest absolute Gasteiger partial charge is 0.0710 e. The number of nitrogens with two attached hydrogens (primary N) is 1. The van der Waals surface area contributed by atoms with Crippen molar-refractivity contribution < 1.29 is 0 Å². The second-order valence-electron chi connectivity index (χ2n) is 4.88. The average Bonchev–Trinajstić information content (AvgIpc) is 2.90. The first-order valence-corrected chi connectivity index (χ1v) is 6.72. The summed E-state index contributed by atoms with van der Waals surface area (Å²) >= 11 is 6.00. The largest absolute Gasteiger partial charge is 0.322 e. The van der Waals surface area contributed by atoms with E-state index in [0.29, 0.717) is 5.92 Å². The van der Waals surface area contributed by atoms with Crippen molar-refractivity contribution in [3.63, 3.8) is 0 Å². The second kappa shape index (κ2) is 4.75. The maximum absolute atomic E-state index is 6.00. The summed E-state index contributed by atoms with van der Waals surface area (Å²) in [5.41, 5.74) is 5.79. The topological polar surface area (TPSA) is 50.9 Å². The van der Waals surface area contributed by atoms with Crippen LogP contribution in [0.4, 0.5) is 5.69 Å². The third-order valence-electron chi connectivity index (χ3n) is 3.70. The van der Waals surface area contributed by atoms with Gasteiger partial charge in [-0.2, -0.15) is 0 Å². The number of halogens is 1. The highest BCUT2D eigenvalue weighted by Gasteiger charge is 2.21. The highest BCUT2D eigenvalue weighted by molar-refractivity contribution is 6.31. The minimum absolute atomic E-state index is 0.538. The molecule has 1 saturated carbocycles. The average molecular weight is 262 g/mol. The summed E-state index contributed by atoms with van der Waals surface area (Å²) in [6.07, 6.45) is 4.99. The van der Waals surface area contributed by atoms with Crippen LogP contribution in [0.2, 0.25) is 5.02 Å². The molecule has 0 amide bonds. The van der Waals surface area contributed by atoms with Crippen molar-refractivity contribution in [3.05, 3.63) is 35.0 Å². The van der Waals surface area contributed by atoms with Gasteiger partial charge in [0.1, 0.15) is 0 Å². The first-order chi connectivity index (χ1) is 8.78. The molecule has 18 heavy (non-hydrogen) atoms. The van der Waals surface area contributed by atoms with Gasteiger partial charge >= 0.3 is 0 Å². The van der Waals surface area contributed by atoms with Gasteiger partial charge in [-0.05, 0) is 37.1 Å². The molecule has 3 nitrogen and oxygen atoms in total. The predicted octanol–water partition coefficient (Wildman–Crippen LogP) is 3.83. The van der Waals surface area contributed by atoms with Crippen molar-refractivity contribution in [2.75, 3.05) is 5.43 Å². The van der Waals surface area contributed by atoms with Gasteiger partial charge in [0.15, 0.2) is 0 Å². The Bertz CT molecular complexity index is 577. The Morgan fingerprint density at radius 2 is 2.00 bits per heavy atom. The van der Waals surface area contributed by atoms with E-state index in [4.69, 9.17) is 22.4 Å². The van der Waals surface area contributed by atoms with E-state index in [1.54, 1.807) is 0 Å². The molecule has 0 radical (unpaired) electrons. The molecule has 1 fully saturated rings. The van der Waals surface area contributed by atoms with E-state index >= 15 is 0 Å². The number of aromatic nitrogens is 1. The minimum atomic E-state index is 0.538. The molecule has 3 rings (SSSR count). The summed E-state index contributed by atoms with van der Waals surface area (Å²) in [5, 5.41) is 1.75. The SMILES string of the molecule is NNc1cc2cc(Cl)ccc2nc1C1CCCC1. The standard InChI is InChI=1S/C14H16ClN3/c15-11-5-6-12-10(7-11)8-13(18-16)14(17-12)9-3-1-2-4-9/h5-9,18H,1-4,16H2. The van der Waals surface area contributed by atoms with Gasteiger partial charge in [0.2, 0.25) is 0 Å². The molecule has 94 valence electrons. The Balaban J connectivity index is 2.14. The molecule has 0 aliphatic heterocycles. The molecule has 0 saturated heterocycles. The lowest BCUT2D eigenvalue weighted by Crippen LogP contribution is -2.12. The summed E-state index contributed by atoms with van der Waals surface area (Å²) in [7, 11) is 0. The van der Waals surface area contributed by atoms with Crippen LogP contribution in [0.1, 0.15) is 37.3 Å². The van der Waals surface area contributed by atoms with Crippen LogP contribution in [0.3, 0.4) is 0 Å². The lowest BCUT2D eigenvalue weighted by atomic mass is 10.0. The number of nitrogens with one attached hydrogen (secondary N) is 1. The molecule has 4 heteroatoms. The molecular formula is C14H16ClN3. The molecule has 3 N–H and O–H groups in total. The van der Waals surface area contributed by atoms with Crippen molar-refractivity contribution in [2.45, 2.75) is 31.6 Å². The zero-order valence-corrected chi connectivity index (χ0v) is 10.9. The van der Waals surface area contributed by atoms with E-state index < -0.39 is 0 Å². The fraction of sp³-hybridized carbons (Fsp3) is 0.357. The van der Waals surface area contributed by atoms with E-state index in [0.717, 1.165) is 27.3 Å². The van der Waals surface area contributed by atoms with E-state index in [-0.39, 0.29) is 0 Å². The third kappa shape index (κ3) is 2.04. The summed E-state index contributed by atoms with van der Waals surface area (Å²) < 4.78 is 0. The van der Waals surface area contributed by atoms with Crippen molar-refractivity contribution in [1.29, 1.82) is 0 Å². The molecule has 1 aliphatic carbocycles. The molecular weight excluding hydrogens is 246 g/mol. The second-order valence-corrected chi connectivity index (χ2v) is 5.32. The summed E-state index contributed by atoms with van der Waals surface area (Å²) in [6.45, 7) is 0. The number of pyridine rings is 1. The summed E-state index contributed by atoms with van der Waals surface area (Å²) in [4.78, 5) is 4.77. The number of hydrogen-bond acceptors (Lipinski definition) is 3. The van der Waals surface area contributed by atoms with E-state index in [9.17, 15) is 0 Å². The highest BCUT2D eigenvalue weighted by atomic mass is 35.5. The lowest BCUT2D eigenvalue weighted by molar-refractivity contribution is 0.702. The van der Waals surface area contributed by atoms with Crippen LogP contribution in [0, 0.1) is 0 Å². The normalized spacial score (nSPS) is 16.3. The van der Waals surface area contributed by atoms with Crippen LogP contribution >= 0.6 is 11.6 Å². The molecule has 0 spiro atoms. The number of hydrogen-bond donors (Lipinski definition) is 2. The van der Waals surface area contributed by atoms with Gasteiger partial charge in [-0.3, -0.25) is 10.8 Å². The summed E-state index contributed by atoms with van der Waals surface area (Å²) in [5.74, 6) is 6.16. The van der Waals surface area contributed by atoms with E-state index in [1.807, 2.05) is 24.3 Å². The fourth-order valence-corrected chi connectivity index (χ4v) is 2.97. The zero-order chi connectivity index (χ0) is 12.5. The maximum Gasteiger partial charge on any atom is 0.0710 e. The third-order valence-corrected chi connectivity index (χ3v) is 3.94. The first kappa shape index (κ1) is 11.8. The Hall–Kier alpha value is -1.32. The Morgan fingerprint density at radius 1 is 1.22 bits per heavy atom. The first-order valence-electron chi connectivity index (χ1n) is 6.35. The molecule has 0 atom stereocenters. The number of anilines is 1. The van der Waals surface area contributed by atoms with Crippen LogP contribution in [-0.2, 0) is 0 Å². The fourth-order valence-electron chi connectivity index (χ4n) is 2.79. The van der Waals surface area contributed by atoms with Gasteiger partial charge in [0, 0.05) is 16.3 Å². The van der Waals surface area contributed by atoms with Crippen LogP contribution in [-0.4, -0.2) is 4.98 Å². The number of nitrogen functional groups attached to an aromatic ring is 1. The van der Waals surface area contributed by atoms with E-state index in [2.05, 4.69) is 5.43 Å². The van der Waals surface area contributed by atoms with Gasteiger partial charge < -0.3 is 5.43 Å². The van der Waals surface area contributed by atoms with Crippen LogP contribution < -0.4 is 11.3 Å². The van der Waals surface area contributed by atoms with Gasteiger partial charge in [-0.1, -0.05) is 24.4 Å². The molecule has 2 aromatic rings. The highest BCUT2D eigenvalue weighted by Crippen LogP contribution is 2.37. The van der Waals surface area contributed by atoms with Crippen molar-refractivity contribution in [1.82, 2.24) is 4.98 Å². The van der Waals surface area contributed by atoms with Gasteiger partial charge in [-0.25, -0.2) is 0 Å². The van der Waals surface area contributed by atoms with Crippen molar-refractivity contribution in [2.24, 2.45) is 5.84 Å². The Labute approximate surface area is 111 Å². The number of benzene rings is 1. The quantitative estimate of drug-likeness (QED) is 0.638. The monoisotopic (exact) mass is 261 g/mol. The number of rotatable bonds is 2. The number of fused-ring (bicyclic) bond motifs is 1. The zero-order valence-electron chi connectivity index (χ0n) is 10.1. The van der Waals surface area contributed by atoms with Gasteiger partial charge in [-0.15, -0.1) is 0 Å². The predicted molar refractivity (Wildman–Crippen MR) is 75.8 cm³/mol. The van der Waals surface area contributed by atoms with Crippen molar-refractivity contribution in [3.8, 4) is 0 Å². The van der Waals surface area contributed by atoms with Crippen LogP contribution in [0.5, 0.6) is 0 Å². The number of hydrazine groups is 1. The van der Waals surface area contributed by atoms with Crippen LogP contribution in [0.25, 0.3) is 10.9 Å². The van der Waals surface area contributed by atoms with Gasteiger partial charge in [0.25, 0.3) is 0 Å². The maximum atomic E-state index is 6.00. The molecule has 1 aromatic heterocycles. The molecule has 0 bridgehead atoms. The summed E-state index contributed by atoms with van der Waals surface area (Å²) in [6, 6.07) is 7.81. The van der Waals surface area contributed by atoms with Gasteiger partial charge in [0.05, 0.1) is 16.9 Å². The Kier molecular flexibility index (Phi) is 3.10. The lowest BCUT2D eigenvalue weighted by Gasteiger charge is -2.15. The van der Waals surface area contributed by atoms with E-state index in [1.165, 1.54) is 25.7 Å².